The third-order valence-corrected chi connectivity index (χ3v) is 3.84. The maximum Gasteiger partial charge on any atom is 0.155 e. The number of hydrogen-bond donors (Lipinski definition) is 0. The van der Waals surface area contributed by atoms with E-state index in [9.17, 15) is 4.79 Å². The Balaban J connectivity index is 2.20. The molecule has 2 aliphatic carbocycles. The van der Waals surface area contributed by atoms with Gasteiger partial charge >= 0.3 is 0 Å². The first-order chi connectivity index (χ1) is 7.31. The van der Waals surface area contributed by atoms with Crippen LogP contribution in [-0.2, 0) is 9.53 Å². The van der Waals surface area contributed by atoms with Crippen molar-refractivity contribution >= 4 is 5.78 Å². The van der Waals surface area contributed by atoms with E-state index in [1.165, 1.54) is 5.57 Å². The van der Waals surface area contributed by atoms with Gasteiger partial charge in [0.05, 0.1) is 11.7 Å². The van der Waals surface area contributed by atoms with Gasteiger partial charge < -0.3 is 4.74 Å². The monoisotopic (exact) mass is 222 g/mol. The molecule has 90 valence electrons. The standard InChI is InChI=1S/C14H22O2/c1-13(2,3)16-12-6-5-10-9-11(15)7-8-14(10,12)4/h9,12H,5-8H2,1-4H3. The quantitative estimate of drug-likeness (QED) is 0.680. The predicted molar refractivity (Wildman–Crippen MR) is 64.3 cm³/mol. The van der Waals surface area contributed by atoms with Crippen LogP contribution < -0.4 is 0 Å². The number of carbonyl (C=O) groups is 1. The molecular formula is C14H22O2. The van der Waals surface area contributed by atoms with Crippen molar-refractivity contribution in [2.45, 2.75) is 65.1 Å². The number of ether oxygens (including phenoxy) is 1. The molecule has 2 heteroatoms. The van der Waals surface area contributed by atoms with Gasteiger partial charge in [-0.15, -0.1) is 0 Å². The first kappa shape index (κ1) is 11.8. The first-order valence-electron chi connectivity index (χ1n) is 6.23. The Morgan fingerprint density at radius 2 is 2.06 bits per heavy atom. The maximum atomic E-state index is 11.4. The van der Waals surface area contributed by atoms with E-state index in [-0.39, 0.29) is 17.1 Å². The zero-order valence-corrected chi connectivity index (χ0v) is 10.8. The fourth-order valence-corrected chi connectivity index (χ4v) is 2.92. The Morgan fingerprint density at radius 1 is 1.38 bits per heavy atom. The molecule has 0 aromatic rings. The molecule has 2 unspecified atom stereocenters. The first-order valence-corrected chi connectivity index (χ1v) is 6.23. The zero-order valence-electron chi connectivity index (χ0n) is 10.8. The summed E-state index contributed by atoms with van der Waals surface area (Å²) in [5, 5.41) is 0. The fraction of sp³-hybridized carbons (Fsp3) is 0.786. The molecule has 1 saturated carbocycles. The van der Waals surface area contributed by atoms with Gasteiger partial charge in [-0.25, -0.2) is 0 Å². The van der Waals surface area contributed by atoms with Crippen molar-refractivity contribution in [1.82, 2.24) is 0 Å². The molecule has 0 bridgehead atoms. The normalized spacial score (nSPS) is 34.9. The largest absolute Gasteiger partial charge is 0.372 e. The molecule has 0 aromatic heterocycles. The minimum atomic E-state index is -0.0927. The van der Waals surface area contributed by atoms with Crippen LogP contribution in [0.4, 0.5) is 0 Å². The second kappa shape index (κ2) is 3.69. The van der Waals surface area contributed by atoms with Gasteiger partial charge in [0.15, 0.2) is 5.78 Å². The van der Waals surface area contributed by atoms with Crippen LogP contribution in [0.5, 0.6) is 0 Å². The van der Waals surface area contributed by atoms with Crippen LogP contribution in [0.3, 0.4) is 0 Å². The zero-order chi connectivity index (χ0) is 12.0. The number of allylic oxidation sites excluding steroid dienone is 1. The minimum absolute atomic E-state index is 0.0927. The van der Waals surface area contributed by atoms with Gasteiger partial charge in [-0.05, 0) is 46.1 Å². The second-order valence-corrected chi connectivity index (χ2v) is 6.31. The van der Waals surface area contributed by atoms with Gasteiger partial charge in [0, 0.05) is 11.8 Å². The molecule has 0 N–H and O–H groups in total. The van der Waals surface area contributed by atoms with Gasteiger partial charge in [0.2, 0.25) is 0 Å². The van der Waals surface area contributed by atoms with Crippen LogP contribution in [0.1, 0.15) is 53.4 Å². The summed E-state index contributed by atoms with van der Waals surface area (Å²) in [6.45, 7) is 8.57. The molecule has 2 atom stereocenters. The SMILES string of the molecule is CC(C)(C)OC1CCC2=CC(=O)CCC21C. The molecule has 0 radical (unpaired) electrons. The summed E-state index contributed by atoms with van der Waals surface area (Å²) >= 11 is 0. The predicted octanol–water partition coefficient (Wildman–Crippen LogP) is 3.26. The molecule has 16 heavy (non-hydrogen) atoms. The highest BCUT2D eigenvalue weighted by molar-refractivity contribution is 5.91. The lowest BCUT2D eigenvalue weighted by Crippen LogP contribution is -2.38. The maximum absolute atomic E-state index is 11.4. The van der Waals surface area contributed by atoms with Crippen molar-refractivity contribution < 1.29 is 9.53 Å². The highest BCUT2D eigenvalue weighted by atomic mass is 16.5. The van der Waals surface area contributed by atoms with Crippen LogP contribution in [0.2, 0.25) is 0 Å². The number of hydrogen-bond acceptors (Lipinski definition) is 2. The van der Waals surface area contributed by atoms with Crippen LogP contribution in [0.25, 0.3) is 0 Å². The summed E-state index contributed by atoms with van der Waals surface area (Å²) in [5.41, 5.74) is 1.34. The molecule has 2 nitrogen and oxygen atoms in total. The molecular weight excluding hydrogens is 200 g/mol. The summed E-state index contributed by atoms with van der Waals surface area (Å²) in [6.07, 6.45) is 5.89. The van der Waals surface area contributed by atoms with E-state index in [1.54, 1.807) is 0 Å². The Morgan fingerprint density at radius 3 is 2.69 bits per heavy atom. The van der Waals surface area contributed by atoms with E-state index in [0.717, 1.165) is 19.3 Å². The van der Waals surface area contributed by atoms with Crippen molar-refractivity contribution in [3.05, 3.63) is 11.6 Å². The summed E-state index contributed by atoms with van der Waals surface area (Å²) in [5.74, 6) is 0.295. The average molecular weight is 222 g/mol. The lowest BCUT2D eigenvalue weighted by Gasteiger charge is -2.38. The Labute approximate surface area is 98.1 Å². The lowest BCUT2D eigenvalue weighted by atomic mass is 9.74. The van der Waals surface area contributed by atoms with Crippen molar-refractivity contribution in [2.75, 3.05) is 0 Å². The Hall–Kier alpha value is -0.630. The minimum Gasteiger partial charge on any atom is -0.372 e. The molecule has 2 rings (SSSR count). The fourth-order valence-electron chi connectivity index (χ4n) is 2.92. The number of rotatable bonds is 1. The topological polar surface area (TPSA) is 26.3 Å². The molecule has 0 aliphatic heterocycles. The molecule has 0 spiro atoms. The molecule has 0 saturated heterocycles. The Bertz CT molecular complexity index is 335. The number of fused-ring (bicyclic) bond motifs is 1. The van der Waals surface area contributed by atoms with Gasteiger partial charge in [0.1, 0.15) is 0 Å². The van der Waals surface area contributed by atoms with Gasteiger partial charge in [-0.2, -0.15) is 0 Å². The highest BCUT2D eigenvalue weighted by Crippen LogP contribution is 2.50. The second-order valence-electron chi connectivity index (χ2n) is 6.31. The van der Waals surface area contributed by atoms with E-state index in [0.29, 0.717) is 12.2 Å². The molecule has 1 fully saturated rings. The average Bonchev–Trinajstić information content (AvgIpc) is 2.43. The number of carbonyl (C=O) groups excluding carboxylic acids is 1. The van der Waals surface area contributed by atoms with Crippen molar-refractivity contribution in [3.8, 4) is 0 Å². The van der Waals surface area contributed by atoms with Crippen molar-refractivity contribution in [1.29, 1.82) is 0 Å². The summed E-state index contributed by atoms with van der Waals surface area (Å²) in [7, 11) is 0. The van der Waals surface area contributed by atoms with E-state index < -0.39 is 0 Å². The Kier molecular flexibility index (Phi) is 2.73. The summed E-state index contributed by atoms with van der Waals surface area (Å²) in [4.78, 5) is 11.4. The smallest absolute Gasteiger partial charge is 0.155 e. The van der Waals surface area contributed by atoms with Crippen molar-refractivity contribution in [3.63, 3.8) is 0 Å². The van der Waals surface area contributed by atoms with Gasteiger partial charge in [-0.3, -0.25) is 4.79 Å². The van der Waals surface area contributed by atoms with E-state index in [4.69, 9.17) is 4.74 Å². The number of ketones is 1. The third kappa shape index (κ3) is 2.08. The van der Waals surface area contributed by atoms with Crippen LogP contribution in [0.15, 0.2) is 11.6 Å². The van der Waals surface area contributed by atoms with Crippen LogP contribution in [0, 0.1) is 5.41 Å². The van der Waals surface area contributed by atoms with Crippen LogP contribution in [-0.4, -0.2) is 17.5 Å². The molecule has 0 aromatic carbocycles. The molecule has 0 heterocycles. The third-order valence-electron chi connectivity index (χ3n) is 3.84. The van der Waals surface area contributed by atoms with E-state index in [1.807, 2.05) is 6.08 Å². The van der Waals surface area contributed by atoms with Crippen LogP contribution >= 0.6 is 0 Å². The van der Waals surface area contributed by atoms with Crippen molar-refractivity contribution in [2.24, 2.45) is 5.41 Å². The molecule has 0 amide bonds. The summed E-state index contributed by atoms with van der Waals surface area (Å²) < 4.78 is 6.15. The van der Waals surface area contributed by atoms with E-state index in [2.05, 4.69) is 27.7 Å². The van der Waals surface area contributed by atoms with E-state index >= 15 is 0 Å². The highest BCUT2D eigenvalue weighted by Gasteiger charge is 2.46. The van der Waals surface area contributed by atoms with Gasteiger partial charge in [0.25, 0.3) is 0 Å². The molecule has 2 aliphatic rings. The van der Waals surface area contributed by atoms with Gasteiger partial charge in [-0.1, -0.05) is 12.5 Å². The summed E-state index contributed by atoms with van der Waals surface area (Å²) in [6, 6.07) is 0. The lowest BCUT2D eigenvalue weighted by molar-refractivity contribution is -0.118.